The average Bonchev–Trinajstić information content (AvgIpc) is 2.49. The van der Waals surface area contributed by atoms with Crippen LogP contribution < -0.4 is 10.6 Å². The molecule has 5 nitrogen and oxygen atoms in total. The SMILES string of the molecule is CCCNc1ccnc(C(=O)Nc2ccc(Br)c(C)n2)c1. The van der Waals surface area contributed by atoms with Crippen molar-refractivity contribution in [3.63, 3.8) is 0 Å². The summed E-state index contributed by atoms with van der Waals surface area (Å²) in [7, 11) is 0. The van der Waals surface area contributed by atoms with Gasteiger partial charge in [0, 0.05) is 22.9 Å². The highest BCUT2D eigenvalue weighted by Gasteiger charge is 2.09. The van der Waals surface area contributed by atoms with E-state index in [1.165, 1.54) is 0 Å². The third-order valence-electron chi connectivity index (χ3n) is 2.83. The van der Waals surface area contributed by atoms with Gasteiger partial charge in [-0.15, -0.1) is 0 Å². The molecule has 21 heavy (non-hydrogen) atoms. The number of aryl methyl sites for hydroxylation is 1. The van der Waals surface area contributed by atoms with Gasteiger partial charge in [0.15, 0.2) is 0 Å². The van der Waals surface area contributed by atoms with E-state index >= 15 is 0 Å². The van der Waals surface area contributed by atoms with Crippen molar-refractivity contribution in [1.29, 1.82) is 0 Å². The Kier molecular flexibility index (Phi) is 5.27. The van der Waals surface area contributed by atoms with Gasteiger partial charge in [-0.3, -0.25) is 9.78 Å². The van der Waals surface area contributed by atoms with Crippen LogP contribution in [-0.4, -0.2) is 22.4 Å². The summed E-state index contributed by atoms with van der Waals surface area (Å²) in [5.74, 6) is 0.235. The van der Waals surface area contributed by atoms with Gasteiger partial charge in [-0.05, 0) is 53.5 Å². The lowest BCUT2D eigenvalue weighted by Crippen LogP contribution is -2.15. The molecule has 2 rings (SSSR count). The molecule has 0 bridgehead atoms. The number of aromatic nitrogens is 2. The van der Waals surface area contributed by atoms with E-state index < -0.39 is 0 Å². The Bertz CT molecular complexity index is 645. The molecule has 0 aliphatic rings. The lowest BCUT2D eigenvalue weighted by molar-refractivity contribution is 0.102. The average molecular weight is 349 g/mol. The Hall–Kier alpha value is -1.95. The molecule has 0 spiro atoms. The number of hydrogen-bond acceptors (Lipinski definition) is 4. The molecular weight excluding hydrogens is 332 g/mol. The fourth-order valence-corrected chi connectivity index (χ4v) is 1.95. The molecule has 0 aliphatic carbocycles. The van der Waals surface area contributed by atoms with Crippen molar-refractivity contribution in [2.75, 3.05) is 17.2 Å². The zero-order valence-corrected chi connectivity index (χ0v) is 13.6. The maximum atomic E-state index is 12.2. The van der Waals surface area contributed by atoms with Crippen molar-refractivity contribution in [3.8, 4) is 0 Å². The van der Waals surface area contributed by atoms with Crippen molar-refractivity contribution < 1.29 is 4.79 Å². The van der Waals surface area contributed by atoms with Crippen molar-refractivity contribution in [2.24, 2.45) is 0 Å². The third-order valence-corrected chi connectivity index (χ3v) is 3.67. The predicted molar refractivity (Wildman–Crippen MR) is 87.6 cm³/mol. The third kappa shape index (κ3) is 4.26. The second-order valence-electron chi connectivity index (χ2n) is 4.57. The number of carbonyl (C=O) groups is 1. The van der Waals surface area contributed by atoms with Crippen LogP contribution in [0.3, 0.4) is 0 Å². The minimum Gasteiger partial charge on any atom is -0.385 e. The summed E-state index contributed by atoms with van der Waals surface area (Å²) in [4.78, 5) is 20.6. The number of nitrogens with zero attached hydrogens (tertiary/aromatic N) is 2. The van der Waals surface area contributed by atoms with Crippen LogP contribution in [0.4, 0.5) is 11.5 Å². The van der Waals surface area contributed by atoms with Crippen molar-refractivity contribution in [3.05, 3.63) is 46.3 Å². The largest absolute Gasteiger partial charge is 0.385 e. The number of amides is 1. The molecule has 0 aliphatic heterocycles. The summed E-state index contributed by atoms with van der Waals surface area (Å²) in [6, 6.07) is 7.17. The van der Waals surface area contributed by atoms with E-state index in [2.05, 4.69) is 43.5 Å². The van der Waals surface area contributed by atoms with Crippen LogP contribution in [0.15, 0.2) is 34.9 Å². The Morgan fingerprint density at radius 1 is 1.33 bits per heavy atom. The Balaban J connectivity index is 2.10. The van der Waals surface area contributed by atoms with E-state index in [0.717, 1.165) is 28.8 Å². The van der Waals surface area contributed by atoms with Crippen LogP contribution in [0.1, 0.15) is 29.5 Å². The van der Waals surface area contributed by atoms with Crippen LogP contribution in [-0.2, 0) is 0 Å². The van der Waals surface area contributed by atoms with Gasteiger partial charge in [-0.25, -0.2) is 4.98 Å². The first-order valence-corrected chi connectivity index (χ1v) is 7.54. The summed E-state index contributed by atoms with van der Waals surface area (Å²) in [6.45, 7) is 4.81. The first-order valence-electron chi connectivity index (χ1n) is 6.74. The van der Waals surface area contributed by atoms with Gasteiger partial charge in [0.25, 0.3) is 5.91 Å². The molecule has 0 unspecified atom stereocenters. The number of pyridine rings is 2. The lowest BCUT2D eigenvalue weighted by atomic mass is 10.3. The predicted octanol–water partition coefficient (Wildman–Crippen LogP) is 3.62. The van der Waals surface area contributed by atoms with Crippen LogP contribution >= 0.6 is 15.9 Å². The van der Waals surface area contributed by atoms with Crippen LogP contribution in [0, 0.1) is 6.92 Å². The van der Waals surface area contributed by atoms with Crippen LogP contribution in [0.5, 0.6) is 0 Å². The number of carbonyl (C=O) groups excluding carboxylic acids is 1. The van der Waals surface area contributed by atoms with Crippen molar-refractivity contribution in [1.82, 2.24) is 9.97 Å². The van der Waals surface area contributed by atoms with Gasteiger partial charge in [-0.1, -0.05) is 6.92 Å². The molecule has 0 aromatic carbocycles. The maximum absolute atomic E-state index is 12.2. The highest BCUT2D eigenvalue weighted by atomic mass is 79.9. The zero-order chi connectivity index (χ0) is 15.2. The molecule has 2 N–H and O–H groups in total. The van der Waals surface area contributed by atoms with Crippen molar-refractivity contribution >= 4 is 33.3 Å². The van der Waals surface area contributed by atoms with E-state index in [1.54, 1.807) is 18.3 Å². The highest BCUT2D eigenvalue weighted by Crippen LogP contribution is 2.17. The standard InChI is InChI=1S/C15H17BrN4O/c1-3-7-17-11-6-8-18-13(9-11)15(21)20-14-5-4-12(16)10(2)19-14/h4-6,8-9H,3,7H2,1-2H3,(H,17,18)(H,19,20,21). The number of halogens is 1. The van der Waals surface area contributed by atoms with E-state index in [0.29, 0.717) is 11.5 Å². The fraction of sp³-hybridized carbons (Fsp3) is 0.267. The molecule has 0 saturated carbocycles. The summed E-state index contributed by atoms with van der Waals surface area (Å²) >= 11 is 3.38. The first kappa shape index (κ1) is 15.4. The topological polar surface area (TPSA) is 66.9 Å². The van der Waals surface area contributed by atoms with Gasteiger partial charge in [0.2, 0.25) is 0 Å². The molecule has 0 atom stereocenters. The van der Waals surface area contributed by atoms with Gasteiger partial charge in [0.05, 0.1) is 5.69 Å². The molecule has 6 heteroatoms. The normalized spacial score (nSPS) is 10.2. The van der Waals surface area contributed by atoms with E-state index in [9.17, 15) is 4.79 Å². The molecule has 0 fully saturated rings. The number of hydrogen-bond donors (Lipinski definition) is 2. The molecule has 110 valence electrons. The number of nitrogens with one attached hydrogen (secondary N) is 2. The minimum atomic E-state index is -0.274. The molecule has 0 saturated heterocycles. The molecule has 1 amide bonds. The summed E-state index contributed by atoms with van der Waals surface area (Å²) in [5, 5.41) is 5.98. The molecule has 2 heterocycles. The Morgan fingerprint density at radius 3 is 2.86 bits per heavy atom. The monoisotopic (exact) mass is 348 g/mol. The first-order chi connectivity index (χ1) is 10.1. The van der Waals surface area contributed by atoms with E-state index in [4.69, 9.17) is 0 Å². The van der Waals surface area contributed by atoms with E-state index in [1.807, 2.05) is 19.1 Å². The smallest absolute Gasteiger partial charge is 0.275 e. The number of rotatable bonds is 5. The van der Waals surface area contributed by atoms with Gasteiger partial charge >= 0.3 is 0 Å². The Morgan fingerprint density at radius 2 is 2.14 bits per heavy atom. The number of anilines is 2. The van der Waals surface area contributed by atoms with Gasteiger partial charge in [0.1, 0.15) is 11.5 Å². The summed E-state index contributed by atoms with van der Waals surface area (Å²) in [5.41, 5.74) is 2.06. The van der Waals surface area contributed by atoms with Crippen molar-refractivity contribution in [2.45, 2.75) is 20.3 Å². The molecule has 2 aromatic rings. The summed E-state index contributed by atoms with van der Waals surface area (Å²) < 4.78 is 0.907. The zero-order valence-electron chi connectivity index (χ0n) is 12.0. The second kappa shape index (κ2) is 7.17. The van der Waals surface area contributed by atoms with Gasteiger partial charge < -0.3 is 10.6 Å². The van der Waals surface area contributed by atoms with Crippen LogP contribution in [0.2, 0.25) is 0 Å². The summed E-state index contributed by atoms with van der Waals surface area (Å²) in [6.07, 6.45) is 2.64. The second-order valence-corrected chi connectivity index (χ2v) is 5.43. The molecular formula is C15H17BrN4O. The van der Waals surface area contributed by atoms with Crippen LogP contribution in [0.25, 0.3) is 0 Å². The Labute approximate surface area is 132 Å². The minimum absolute atomic E-state index is 0.274. The van der Waals surface area contributed by atoms with E-state index in [-0.39, 0.29) is 5.91 Å². The quantitative estimate of drug-likeness (QED) is 0.865. The fourth-order valence-electron chi connectivity index (χ4n) is 1.73. The maximum Gasteiger partial charge on any atom is 0.275 e. The lowest BCUT2D eigenvalue weighted by Gasteiger charge is -2.08. The van der Waals surface area contributed by atoms with Gasteiger partial charge in [-0.2, -0.15) is 0 Å². The molecule has 2 aromatic heterocycles. The molecule has 0 radical (unpaired) electrons. The highest BCUT2D eigenvalue weighted by molar-refractivity contribution is 9.10.